The Bertz CT molecular complexity index is 1160. The van der Waals surface area contributed by atoms with Gasteiger partial charge in [0.05, 0.1) is 17.7 Å². The lowest BCUT2D eigenvalue weighted by atomic mass is 10.00. The number of Topliss-reactive ketones (excluding diaryl/α,β-unsaturated/α-hetero) is 1. The van der Waals surface area contributed by atoms with Crippen LogP contribution in [0.15, 0.2) is 78.9 Å². The number of rotatable bonds is 8. The Morgan fingerprint density at radius 2 is 1.47 bits per heavy atom. The van der Waals surface area contributed by atoms with E-state index in [0.717, 1.165) is 12.1 Å². The third-order valence-electron chi connectivity index (χ3n) is 4.78. The first-order valence-electron chi connectivity index (χ1n) is 10.2. The van der Waals surface area contributed by atoms with Crippen LogP contribution in [0.1, 0.15) is 40.4 Å². The molecule has 34 heavy (non-hydrogen) atoms. The zero-order chi connectivity index (χ0) is 24.7. The number of amides is 1. The van der Waals surface area contributed by atoms with E-state index in [-0.39, 0.29) is 0 Å². The summed E-state index contributed by atoms with van der Waals surface area (Å²) in [4.78, 5) is 37.6. The number of alkyl halides is 3. The smallest absolute Gasteiger partial charge is 0.418 e. The van der Waals surface area contributed by atoms with Gasteiger partial charge in [-0.1, -0.05) is 66.2 Å². The fourth-order valence-electron chi connectivity index (χ4n) is 3.12. The fraction of sp³-hybridized carbons (Fsp3) is 0.160. The number of carbonyl (C=O) groups is 3. The van der Waals surface area contributed by atoms with E-state index < -0.39 is 54.0 Å². The lowest BCUT2D eigenvalue weighted by molar-refractivity contribution is -0.148. The minimum absolute atomic E-state index is 0.316. The van der Waals surface area contributed by atoms with Gasteiger partial charge in [-0.05, 0) is 24.3 Å². The summed E-state index contributed by atoms with van der Waals surface area (Å²) in [5.41, 5.74) is -0.708. The Morgan fingerprint density at radius 3 is 2.12 bits per heavy atom. The van der Waals surface area contributed by atoms with Crippen molar-refractivity contribution < 1.29 is 32.3 Å². The number of benzene rings is 3. The molecule has 176 valence electrons. The van der Waals surface area contributed by atoms with Gasteiger partial charge in [-0.25, -0.2) is 0 Å². The van der Waals surface area contributed by atoms with E-state index in [4.69, 9.17) is 16.3 Å². The number of esters is 1. The van der Waals surface area contributed by atoms with Gasteiger partial charge in [0.1, 0.15) is 0 Å². The molecule has 0 spiro atoms. The molecular formula is C25H19ClF3NO4. The molecule has 0 aliphatic carbocycles. The highest BCUT2D eigenvalue weighted by Gasteiger charge is 2.33. The van der Waals surface area contributed by atoms with E-state index in [9.17, 15) is 27.6 Å². The normalized spacial score (nSPS) is 12.0. The van der Waals surface area contributed by atoms with Crippen LogP contribution in [-0.4, -0.2) is 17.7 Å². The number of hydrogen-bond donors (Lipinski definition) is 1. The molecule has 0 aliphatic rings. The second kappa shape index (κ2) is 11.0. The molecule has 9 heteroatoms. The van der Waals surface area contributed by atoms with Gasteiger partial charge >= 0.3 is 12.1 Å². The monoisotopic (exact) mass is 489 g/mol. The predicted octanol–water partition coefficient (Wildman–Crippen LogP) is 6.24. The molecular weight excluding hydrogens is 471 g/mol. The van der Waals surface area contributed by atoms with Crippen molar-refractivity contribution >= 4 is 34.9 Å². The van der Waals surface area contributed by atoms with E-state index in [1.54, 1.807) is 54.6 Å². The van der Waals surface area contributed by atoms with Crippen molar-refractivity contribution in [1.29, 1.82) is 0 Å². The number of anilines is 1. The van der Waals surface area contributed by atoms with Crippen molar-refractivity contribution in [3.63, 3.8) is 0 Å². The lowest BCUT2D eigenvalue weighted by Crippen LogP contribution is -2.22. The molecule has 0 aromatic heterocycles. The molecule has 0 unspecified atom stereocenters. The highest BCUT2D eigenvalue weighted by atomic mass is 35.5. The second-order valence-electron chi connectivity index (χ2n) is 7.24. The zero-order valence-electron chi connectivity index (χ0n) is 17.6. The van der Waals surface area contributed by atoms with Gasteiger partial charge in [-0.3, -0.25) is 14.4 Å². The van der Waals surface area contributed by atoms with E-state index in [1.807, 2.05) is 0 Å². The van der Waals surface area contributed by atoms with Crippen LogP contribution in [-0.2, 0) is 20.5 Å². The molecule has 1 amide bonds. The summed E-state index contributed by atoms with van der Waals surface area (Å²) >= 11 is 5.90. The van der Waals surface area contributed by atoms with E-state index in [0.29, 0.717) is 16.1 Å². The topological polar surface area (TPSA) is 72.5 Å². The molecule has 0 heterocycles. The van der Waals surface area contributed by atoms with Gasteiger partial charge in [0.25, 0.3) is 0 Å². The van der Waals surface area contributed by atoms with Crippen LogP contribution in [0, 0.1) is 0 Å². The maximum atomic E-state index is 13.1. The maximum absolute atomic E-state index is 13.1. The largest absolute Gasteiger partial charge is 0.449 e. The second-order valence-corrected chi connectivity index (χ2v) is 7.68. The first-order chi connectivity index (χ1) is 16.1. The minimum Gasteiger partial charge on any atom is -0.449 e. The molecule has 0 fully saturated rings. The van der Waals surface area contributed by atoms with Gasteiger partial charge in [0, 0.05) is 22.6 Å². The molecule has 5 nitrogen and oxygen atoms in total. The fourth-order valence-corrected chi connectivity index (χ4v) is 3.25. The Kier molecular flexibility index (Phi) is 8.07. The van der Waals surface area contributed by atoms with Gasteiger partial charge in [-0.2, -0.15) is 13.2 Å². The van der Waals surface area contributed by atoms with Gasteiger partial charge < -0.3 is 10.1 Å². The molecule has 0 saturated carbocycles. The highest BCUT2D eigenvalue weighted by molar-refractivity contribution is 6.30. The summed E-state index contributed by atoms with van der Waals surface area (Å²) in [5, 5.41) is 2.59. The number of ketones is 1. The summed E-state index contributed by atoms with van der Waals surface area (Å²) in [6.45, 7) is 0. The van der Waals surface area contributed by atoms with Crippen molar-refractivity contribution in [2.24, 2.45) is 0 Å². The summed E-state index contributed by atoms with van der Waals surface area (Å²) in [5.74, 6) is -2.13. The average molecular weight is 490 g/mol. The molecule has 0 aliphatic heterocycles. The number of para-hydroxylation sites is 1. The lowest BCUT2D eigenvalue weighted by Gasteiger charge is -2.18. The standard InChI is InChI=1S/C25H19ClF3NO4/c26-18-12-10-17(11-13-18)24(23(33)16-6-2-1-3-7-16)34-22(32)15-14-21(31)30-20-9-5-4-8-19(20)25(27,28)29/h1-13,24H,14-15H2,(H,30,31)/t24-/m1/s1. The van der Waals surface area contributed by atoms with Gasteiger partial charge in [0.15, 0.2) is 6.10 Å². The third-order valence-corrected chi connectivity index (χ3v) is 5.03. The minimum atomic E-state index is -4.65. The van der Waals surface area contributed by atoms with Crippen LogP contribution < -0.4 is 5.32 Å². The Hall–Kier alpha value is -3.65. The van der Waals surface area contributed by atoms with Gasteiger partial charge in [0.2, 0.25) is 11.7 Å². The van der Waals surface area contributed by atoms with Crippen LogP contribution in [0.5, 0.6) is 0 Å². The molecule has 3 aromatic carbocycles. The molecule has 0 saturated heterocycles. The molecule has 0 bridgehead atoms. The van der Waals surface area contributed by atoms with Crippen molar-refractivity contribution in [3.8, 4) is 0 Å². The van der Waals surface area contributed by atoms with Crippen LogP contribution in [0.4, 0.5) is 18.9 Å². The van der Waals surface area contributed by atoms with E-state index >= 15 is 0 Å². The quantitative estimate of drug-likeness (QED) is 0.300. The summed E-state index contributed by atoms with van der Waals surface area (Å²) < 4.78 is 44.7. The number of halogens is 4. The van der Waals surface area contributed by atoms with Crippen LogP contribution in [0.25, 0.3) is 0 Å². The van der Waals surface area contributed by atoms with Crippen LogP contribution in [0.3, 0.4) is 0 Å². The first kappa shape index (κ1) is 25.0. The van der Waals surface area contributed by atoms with E-state index in [2.05, 4.69) is 5.32 Å². The highest BCUT2D eigenvalue weighted by Crippen LogP contribution is 2.34. The van der Waals surface area contributed by atoms with E-state index in [1.165, 1.54) is 12.1 Å². The number of hydrogen-bond acceptors (Lipinski definition) is 4. The van der Waals surface area contributed by atoms with Crippen molar-refractivity contribution in [1.82, 2.24) is 0 Å². The zero-order valence-corrected chi connectivity index (χ0v) is 18.4. The number of carbonyl (C=O) groups excluding carboxylic acids is 3. The molecule has 0 radical (unpaired) electrons. The van der Waals surface area contributed by atoms with Crippen LogP contribution in [0.2, 0.25) is 5.02 Å². The Labute approximate surface area is 198 Å². The Balaban J connectivity index is 1.67. The van der Waals surface area contributed by atoms with Gasteiger partial charge in [-0.15, -0.1) is 0 Å². The first-order valence-corrected chi connectivity index (χ1v) is 10.5. The van der Waals surface area contributed by atoms with Crippen molar-refractivity contribution in [2.75, 3.05) is 5.32 Å². The molecule has 3 aromatic rings. The number of ether oxygens (including phenoxy) is 1. The average Bonchev–Trinajstić information content (AvgIpc) is 2.82. The maximum Gasteiger partial charge on any atom is 0.418 e. The van der Waals surface area contributed by atoms with Crippen molar-refractivity contribution in [2.45, 2.75) is 25.1 Å². The molecule has 1 N–H and O–H groups in total. The van der Waals surface area contributed by atoms with Crippen LogP contribution >= 0.6 is 11.6 Å². The summed E-state index contributed by atoms with van der Waals surface area (Å²) in [6.07, 6.45) is -6.79. The number of nitrogens with one attached hydrogen (secondary N) is 1. The predicted molar refractivity (Wildman–Crippen MR) is 120 cm³/mol. The molecule has 1 atom stereocenters. The Morgan fingerprint density at radius 1 is 0.853 bits per heavy atom. The van der Waals surface area contributed by atoms with Crippen molar-refractivity contribution in [3.05, 3.63) is 101 Å². The third kappa shape index (κ3) is 6.68. The summed E-state index contributed by atoms with van der Waals surface area (Å²) in [6, 6.07) is 18.9. The SMILES string of the molecule is O=C(CCC(=O)O[C@@H](C(=O)c1ccccc1)c1ccc(Cl)cc1)Nc1ccccc1C(F)(F)F. The molecule has 3 rings (SSSR count). The summed E-state index contributed by atoms with van der Waals surface area (Å²) in [7, 11) is 0.